The van der Waals surface area contributed by atoms with Crippen molar-refractivity contribution in [1.82, 2.24) is 4.98 Å². The number of aromatic nitrogens is 1. The predicted octanol–water partition coefficient (Wildman–Crippen LogP) is 12.9. The molecule has 0 spiro atoms. The number of carbonyl (C=O) groups excluding carboxylic acids is 1. The van der Waals surface area contributed by atoms with Crippen molar-refractivity contribution in [2.24, 2.45) is 11.8 Å². The van der Waals surface area contributed by atoms with E-state index in [0.29, 0.717) is 5.92 Å². The van der Waals surface area contributed by atoms with Gasteiger partial charge in [0.05, 0.1) is 5.76 Å². The second-order valence-electron chi connectivity index (χ2n) is 15.6. The van der Waals surface area contributed by atoms with E-state index >= 15 is 0 Å². The molecule has 0 saturated carbocycles. The second kappa shape index (κ2) is 16.0. The van der Waals surface area contributed by atoms with Crippen LogP contribution < -0.4 is 0 Å². The molecule has 4 nitrogen and oxygen atoms in total. The molecule has 2 aromatic heterocycles. The molecular formula is C45H56IrNO3-. The van der Waals surface area contributed by atoms with E-state index in [1.165, 1.54) is 40.0 Å². The summed E-state index contributed by atoms with van der Waals surface area (Å²) in [6.45, 7) is 22.0. The van der Waals surface area contributed by atoms with Crippen LogP contribution in [0, 0.1) is 17.9 Å². The van der Waals surface area contributed by atoms with Crippen LogP contribution >= 0.6 is 0 Å². The van der Waals surface area contributed by atoms with Crippen molar-refractivity contribution >= 4 is 38.5 Å². The topological polar surface area (TPSA) is 63.3 Å². The van der Waals surface area contributed by atoms with Crippen molar-refractivity contribution in [3.63, 3.8) is 0 Å². The van der Waals surface area contributed by atoms with Crippen LogP contribution in [0.2, 0.25) is 0 Å². The number of ketones is 1. The van der Waals surface area contributed by atoms with Crippen LogP contribution in [0.25, 0.3) is 44.0 Å². The molecule has 5 aromatic rings. The fourth-order valence-corrected chi connectivity index (χ4v) is 7.72. The van der Waals surface area contributed by atoms with Gasteiger partial charge in [0.2, 0.25) is 0 Å². The molecule has 0 unspecified atom stereocenters. The number of furan rings is 1. The number of hydrogen-bond donors (Lipinski definition) is 1. The van der Waals surface area contributed by atoms with E-state index in [2.05, 4.69) is 96.1 Å². The molecule has 0 bridgehead atoms. The Bertz CT molecular complexity index is 1990. The van der Waals surface area contributed by atoms with E-state index in [0.717, 1.165) is 65.3 Å². The second-order valence-corrected chi connectivity index (χ2v) is 15.6. The molecule has 0 atom stereocenters. The van der Waals surface area contributed by atoms with Gasteiger partial charge in [0.25, 0.3) is 0 Å². The normalized spacial score (nSPS) is 15.3. The largest absolute Gasteiger partial charge is 0.512 e. The number of hydrogen-bond acceptors (Lipinski definition) is 4. The Morgan fingerprint density at radius 1 is 0.860 bits per heavy atom. The SMILES string of the molecule is CC(C)c1cc(-c2nccc3c2oc2c4c(ccc23)C(C)(C)CCC4(C)C)[c-]c2ccccc12.CCC(CC)C(=O)/C=C(\O)C(CC)CC.[Ir]. The van der Waals surface area contributed by atoms with E-state index in [4.69, 9.17) is 9.40 Å². The molecule has 0 amide bonds. The van der Waals surface area contributed by atoms with Crippen LogP contribution in [0.1, 0.15) is 130 Å². The molecule has 2 heterocycles. The van der Waals surface area contributed by atoms with E-state index in [9.17, 15) is 9.90 Å². The summed E-state index contributed by atoms with van der Waals surface area (Å²) in [6, 6.07) is 21.1. The quantitative estimate of drug-likeness (QED) is 0.0912. The first-order valence-electron chi connectivity index (χ1n) is 18.5. The van der Waals surface area contributed by atoms with Crippen molar-refractivity contribution in [1.29, 1.82) is 0 Å². The van der Waals surface area contributed by atoms with Crippen LogP contribution in [0.4, 0.5) is 0 Å². The first-order valence-corrected chi connectivity index (χ1v) is 18.5. The van der Waals surface area contributed by atoms with Crippen LogP contribution in [-0.4, -0.2) is 15.9 Å². The van der Waals surface area contributed by atoms with Gasteiger partial charge >= 0.3 is 0 Å². The van der Waals surface area contributed by atoms with Gasteiger partial charge in [-0.05, 0) is 66.9 Å². The number of aliphatic hydroxyl groups is 1. The summed E-state index contributed by atoms with van der Waals surface area (Å²) in [4.78, 5) is 16.5. The Morgan fingerprint density at radius 2 is 1.48 bits per heavy atom. The molecule has 1 aliphatic carbocycles. The number of benzene rings is 3. The van der Waals surface area contributed by atoms with Crippen LogP contribution in [0.3, 0.4) is 0 Å². The Hall–Kier alpha value is -3.27. The van der Waals surface area contributed by atoms with Gasteiger partial charge in [0, 0.05) is 66.2 Å². The average Bonchev–Trinajstić information content (AvgIpc) is 3.46. The first kappa shape index (κ1) is 39.5. The maximum Gasteiger partial charge on any atom is 0.162 e. The van der Waals surface area contributed by atoms with Gasteiger partial charge in [-0.1, -0.05) is 111 Å². The number of carbonyl (C=O) groups is 1. The fraction of sp³-hybridized carbons (Fsp3) is 0.467. The predicted molar refractivity (Wildman–Crippen MR) is 207 cm³/mol. The minimum absolute atomic E-state index is 0. The first-order chi connectivity index (χ1) is 23.3. The Balaban J connectivity index is 0.000000301. The van der Waals surface area contributed by atoms with Gasteiger partial charge in [-0.3, -0.25) is 9.78 Å². The summed E-state index contributed by atoms with van der Waals surface area (Å²) in [6.07, 6.45) is 9.17. The van der Waals surface area contributed by atoms with Crippen LogP contribution in [-0.2, 0) is 35.7 Å². The Labute approximate surface area is 313 Å². The van der Waals surface area contributed by atoms with Gasteiger partial charge in [0.1, 0.15) is 11.2 Å². The van der Waals surface area contributed by atoms with Gasteiger partial charge < -0.3 is 9.52 Å². The molecule has 1 radical (unpaired) electrons. The number of pyridine rings is 1. The number of aliphatic hydroxyl groups excluding tert-OH is 1. The fourth-order valence-electron chi connectivity index (χ4n) is 7.72. The molecule has 1 N–H and O–H groups in total. The number of allylic oxidation sites excluding steroid dienone is 2. The van der Waals surface area contributed by atoms with E-state index in [1.54, 1.807) is 0 Å². The molecule has 50 heavy (non-hydrogen) atoms. The Kier molecular flexibility index (Phi) is 12.6. The zero-order valence-electron chi connectivity index (χ0n) is 31.8. The summed E-state index contributed by atoms with van der Waals surface area (Å²) in [5.74, 6) is 0.953. The number of fused-ring (bicyclic) bond motifs is 6. The molecule has 269 valence electrons. The van der Waals surface area contributed by atoms with Gasteiger partial charge in [-0.25, -0.2) is 0 Å². The standard InChI is InChI=1S/C32H32NO.C13H24O2.Ir/c1-19(2)25-18-21(17-20-9-7-8-10-22(20)25)28-30-24(13-16-33-28)23-11-12-26-27(29(23)34-30)32(5,6)15-14-31(26,3)4;1-5-10(6-2)12(14)9-13(15)11(7-3)8-4;/h7-13,16,18-19H,14-15H2,1-6H3;9-11,14H,5-8H2,1-4H3;/q-1;;/b;12-9-;. The zero-order chi connectivity index (χ0) is 35.7. The summed E-state index contributed by atoms with van der Waals surface area (Å²) < 4.78 is 6.80. The monoisotopic (exact) mass is 851 g/mol. The van der Waals surface area contributed by atoms with Crippen LogP contribution in [0.15, 0.2) is 71.0 Å². The minimum Gasteiger partial charge on any atom is -0.512 e. The third-order valence-corrected chi connectivity index (χ3v) is 11.1. The Morgan fingerprint density at radius 3 is 2.12 bits per heavy atom. The van der Waals surface area contributed by atoms with Crippen molar-refractivity contribution < 1.29 is 34.4 Å². The van der Waals surface area contributed by atoms with Crippen molar-refractivity contribution in [2.75, 3.05) is 0 Å². The summed E-state index contributed by atoms with van der Waals surface area (Å²) >= 11 is 0. The summed E-state index contributed by atoms with van der Waals surface area (Å²) in [5.41, 5.74) is 8.11. The van der Waals surface area contributed by atoms with Crippen molar-refractivity contribution in [3.05, 3.63) is 89.3 Å². The van der Waals surface area contributed by atoms with E-state index in [-0.39, 0.29) is 54.3 Å². The van der Waals surface area contributed by atoms with Crippen molar-refractivity contribution in [3.8, 4) is 11.3 Å². The maximum absolute atomic E-state index is 11.7. The van der Waals surface area contributed by atoms with Crippen LogP contribution in [0.5, 0.6) is 0 Å². The summed E-state index contributed by atoms with van der Waals surface area (Å²) in [7, 11) is 0. The minimum atomic E-state index is 0. The van der Waals surface area contributed by atoms with E-state index < -0.39 is 0 Å². The third-order valence-electron chi connectivity index (χ3n) is 11.1. The maximum atomic E-state index is 11.7. The zero-order valence-corrected chi connectivity index (χ0v) is 34.2. The molecule has 3 aromatic carbocycles. The smallest absolute Gasteiger partial charge is 0.162 e. The van der Waals surface area contributed by atoms with E-state index in [1.807, 2.05) is 33.9 Å². The van der Waals surface area contributed by atoms with Gasteiger partial charge in [-0.15, -0.1) is 29.1 Å². The molecule has 1 aliphatic rings. The molecule has 6 rings (SSSR count). The number of nitrogens with zero attached hydrogens (tertiary/aromatic N) is 1. The molecule has 5 heteroatoms. The molecular weight excluding hydrogens is 795 g/mol. The third kappa shape index (κ3) is 7.65. The van der Waals surface area contributed by atoms with Crippen molar-refractivity contribution in [2.45, 2.75) is 125 Å². The summed E-state index contributed by atoms with van der Waals surface area (Å²) in [5, 5.41) is 14.5. The molecule has 0 fully saturated rings. The molecule has 0 saturated heterocycles. The average molecular weight is 851 g/mol. The van der Waals surface area contributed by atoms with Gasteiger partial charge in [0.15, 0.2) is 5.78 Å². The molecule has 0 aliphatic heterocycles. The number of rotatable bonds is 9. The van der Waals surface area contributed by atoms with Gasteiger partial charge in [-0.2, -0.15) is 0 Å².